The Morgan fingerprint density at radius 3 is 2.24 bits per heavy atom. The molecule has 1 aromatic heterocycles. The zero-order valence-electron chi connectivity index (χ0n) is 23.8. The quantitative estimate of drug-likeness (QED) is 0.144. The molecule has 2 N–H and O–H groups in total. The van der Waals surface area contributed by atoms with Gasteiger partial charge in [0.1, 0.15) is 18.4 Å². The van der Waals surface area contributed by atoms with Gasteiger partial charge >= 0.3 is 12.1 Å². The standard InChI is InChI=1S/C33H39N3O5/c1-4-6-7-8-9-19-40-29-17-15-26(16-18-29)28-21-34-31(35-22-28)27-13-11-25(12-14-27)20-30(32(37)38)36-33(39)41-23-24(3)10-5-2/h5,10-18,21-22,30H,3-4,6-9,19-20,23H2,1-2H3,(H,36,39)(H,37,38). The number of hydrogen-bond acceptors (Lipinski definition) is 6. The highest BCUT2D eigenvalue weighted by molar-refractivity contribution is 5.80. The molecule has 8 nitrogen and oxygen atoms in total. The number of carbonyl (C=O) groups excluding carboxylic acids is 1. The van der Waals surface area contributed by atoms with Crippen molar-refractivity contribution < 1.29 is 24.2 Å². The highest BCUT2D eigenvalue weighted by Gasteiger charge is 2.21. The van der Waals surface area contributed by atoms with Crippen molar-refractivity contribution in [2.24, 2.45) is 0 Å². The molecule has 1 amide bonds. The zero-order valence-corrected chi connectivity index (χ0v) is 23.8. The summed E-state index contributed by atoms with van der Waals surface area (Å²) in [6.45, 7) is 8.50. The third kappa shape index (κ3) is 10.6. The molecule has 3 aromatic rings. The second-order valence-electron chi connectivity index (χ2n) is 9.75. The maximum atomic E-state index is 12.0. The zero-order chi connectivity index (χ0) is 29.5. The minimum Gasteiger partial charge on any atom is -0.494 e. The van der Waals surface area contributed by atoms with Gasteiger partial charge in [0.2, 0.25) is 0 Å². The monoisotopic (exact) mass is 557 g/mol. The number of hydrogen-bond donors (Lipinski definition) is 2. The molecule has 1 atom stereocenters. The minimum atomic E-state index is -1.15. The fourth-order valence-electron chi connectivity index (χ4n) is 4.12. The highest BCUT2D eigenvalue weighted by atomic mass is 16.5. The van der Waals surface area contributed by atoms with Crippen molar-refractivity contribution in [2.75, 3.05) is 13.2 Å². The molecule has 0 aliphatic heterocycles. The van der Waals surface area contributed by atoms with Gasteiger partial charge in [-0.2, -0.15) is 0 Å². The van der Waals surface area contributed by atoms with E-state index in [9.17, 15) is 14.7 Å². The molecule has 0 saturated heterocycles. The Hall–Kier alpha value is -4.46. The number of aliphatic carboxylic acids is 1. The Balaban J connectivity index is 1.53. The number of carboxylic acids is 1. The summed E-state index contributed by atoms with van der Waals surface area (Å²) in [4.78, 5) is 32.8. The minimum absolute atomic E-state index is 0.0189. The molecular formula is C33H39N3O5. The molecular weight excluding hydrogens is 518 g/mol. The number of ether oxygens (including phenoxy) is 2. The lowest BCUT2D eigenvalue weighted by atomic mass is 10.0. The molecule has 0 bridgehead atoms. The number of nitrogens with one attached hydrogen (secondary N) is 1. The summed E-state index contributed by atoms with van der Waals surface area (Å²) in [5.41, 5.74) is 4.03. The third-order valence-corrected chi connectivity index (χ3v) is 6.39. The van der Waals surface area contributed by atoms with E-state index in [1.165, 1.54) is 25.7 Å². The topological polar surface area (TPSA) is 111 Å². The molecule has 0 radical (unpaired) electrons. The van der Waals surface area contributed by atoms with E-state index >= 15 is 0 Å². The molecule has 0 aliphatic carbocycles. The second kappa shape index (κ2) is 16.6. The van der Waals surface area contributed by atoms with Crippen LogP contribution in [0, 0.1) is 0 Å². The summed E-state index contributed by atoms with van der Waals surface area (Å²) in [5.74, 6) is 0.259. The van der Waals surface area contributed by atoms with Gasteiger partial charge in [-0.05, 0) is 42.2 Å². The maximum absolute atomic E-state index is 12.0. The van der Waals surface area contributed by atoms with Gasteiger partial charge in [0.25, 0.3) is 0 Å². The van der Waals surface area contributed by atoms with Crippen LogP contribution in [0.15, 0.2) is 85.2 Å². The van der Waals surface area contributed by atoms with E-state index in [1.807, 2.05) is 43.3 Å². The summed E-state index contributed by atoms with van der Waals surface area (Å²) in [6, 6.07) is 14.1. The number of rotatable bonds is 16. The molecule has 41 heavy (non-hydrogen) atoms. The molecule has 216 valence electrons. The number of aromatic nitrogens is 2. The van der Waals surface area contributed by atoms with Crippen LogP contribution in [0.3, 0.4) is 0 Å². The van der Waals surface area contributed by atoms with E-state index in [0.717, 1.165) is 41.0 Å². The van der Waals surface area contributed by atoms with Crippen LogP contribution in [0.25, 0.3) is 22.5 Å². The van der Waals surface area contributed by atoms with Crippen molar-refractivity contribution in [3.05, 3.63) is 90.8 Å². The third-order valence-electron chi connectivity index (χ3n) is 6.39. The van der Waals surface area contributed by atoms with E-state index in [4.69, 9.17) is 9.47 Å². The summed E-state index contributed by atoms with van der Waals surface area (Å²) in [5, 5.41) is 12.0. The number of benzene rings is 2. The summed E-state index contributed by atoms with van der Waals surface area (Å²) in [7, 11) is 0. The van der Waals surface area contributed by atoms with Crippen molar-refractivity contribution in [3.8, 4) is 28.3 Å². The van der Waals surface area contributed by atoms with Crippen LogP contribution in [-0.2, 0) is 16.0 Å². The normalized spacial score (nSPS) is 11.7. The number of allylic oxidation sites excluding steroid dienone is 1. The molecule has 3 rings (SSSR count). The SMILES string of the molecule is C=C(C=CC)COC(=O)NC(Cc1ccc(-c2ncc(-c3ccc(OCCCCCCC)cc3)cn2)cc1)C(=O)O. The average Bonchev–Trinajstić information content (AvgIpc) is 2.98. The van der Waals surface area contributed by atoms with E-state index in [1.54, 1.807) is 36.7 Å². The summed E-state index contributed by atoms with van der Waals surface area (Å²) in [6.07, 6.45) is 12.4. The smallest absolute Gasteiger partial charge is 0.408 e. The van der Waals surface area contributed by atoms with E-state index < -0.39 is 18.1 Å². The molecule has 0 saturated carbocycles. The van der Waals surface area contributed by atoms with Gasteiger partial charge in [0.15, 0.2) is 5.82 Å². The van der Waals surface area contributed by atoms with Gasteiger partial charge in [0, 0.05) is 29.9 Å². The lowest BCUT2D eigenvalue weighted by Gasteiger charge is -2.15. The Morgan fingerprint density at radius 2 is 1.61 bits per heavy atom. The van der Waals surface area contributed by atoms with E-state index in [-0.39, 0.29) is 13.0 Å². The van der Waals surface area contributed by atoms with Crippen LogP contribution in [0.5, 0.6) is 5.75 Å². The first kappa shape index (κ1) is 31.1. The van der Waals surface area contributed by atoms with E-state index in [2.05, 4.69) is 28.8 Å². The molecule has 1 unspecified atom stereocenters. The van der Waals surface area contributed by atoms with Crippen molar-refractivity contribution >= 4 is 12.1 Å². The first-order chi connectivity index (χ1) is 19.9. The average molecular weight is 558 g/mol. The lowest BCUT2D eigenvalue weighted by molar-refractivity contribution is -0.139. The van der Waals surface area contributed by atoms with Gasteiger partial charge in [-0.15, -0.1) is 0 Å². The molecule has 0 spiro atoms. The molecule has 2 aromatic carbocycles. The predicted molar refractivity (Wildman–Crippen MR) is 161 cm³/mol. The van der Waals surface area contributed by atoms with Gasteiger partial charge in [-0.25, -0.2) is 19.6 Å². The largest absolute Gasteiger partial charge is 0.494 e. The fraction of sp³-hybridized carbons (Fsp3) is 0.333. The Morgan fingerprint density at radius 1 is 0.951 bits per heavy atom. The number of carbonyl (C=O) groups is 2. The van der Waals surface area contributed by atoms with Gasteiger partial charge in [-0.3, -0.25) is 0 Å². The van der Waals surface area contributed by atoms with Gasteiger partial charge in [-0.1, -0.05) is 87.7 Å². The predicted octanol–water partition coefficient (Wildman–Crippen LogP) is 7.01. The van der Waals surface area contributed by atoms with Crippen molar-refractivity contribution in [1.82, 2.24) is 15.3 Å². The van der Waals surface area contributed by atoms with Gasteiger partial charge in [0.05, 0.1) is 6.61 Å². The van der Waals surface area contributed by atoms with Crippen LogP contribution in [0.2, 0.25) is 0 Å². The van der Waals surface area contributed by atoms with Crippen molar-refractivity contribution in [3.63, 3.8) is 0 Å². The van der Waals surface area contributed by atoms with Crippen molar-refractivity contribution in [2.45, 2.75) is 58.4 Å². The fourth-order valence-corrected chi connectivity index (χ4v) is 4.12. The molecule has 0 aliphatic rings. The molecule has 1 heterocycles. The first-order valence-electron chi connectivity index (χ1n) is 14.0. The Bertz CT molecular complexity index is 1290. The van der Waals surface area contributed by atoms with Crippen LogP contribution < -0.4 is 10.1 Å². The lowest BCUT2D eigenvalue weighted by Crippen LogP contribution is -2.42. The maximum Gasteiger partial charge on any atom is 0.408 e. The van der Waals surface area contributed by atoms with Crippen LogP contribution >= 0.6 is 0 Å². The summed E-state index contributed by atoms with van der Waals surface area (Å²) >= 11 is 0. The first-order valence-corrected chi connectivity index (χ1v) is 14.0. The van der Waals surface area contributed by atoms with Crippen LogP contribution in [-0.4, -0.2) is 46.4 Å². The van der Waals surface area contributed by atoms with Gasteiger partial charge < -0.3 is 19.9 Å². The molecule has 8 heteroatoms. The second-order valence-corrected chi connectivity index (χ2v) is 9.75. The summed E-state index contributed by atoms with van der Waals surface area (Å²) < 4.78 is 10.9. The molecule has 0 fully saturated rings. The van der Waals surface area contributed by atoms with Crippen LogP contribution in [0.4, 0.5) is 4.79 Å². The van der Waals surface area contributed by atoms with Crippen molar-refractivity contribution in [1.29, 1.82) is 0 Å². The highest BCUT2D eigenvalue weighted by Crippen LogP contribution is 2.23. The number of amides is 1. The number of nitrogens with zero attached hydrogens (tertiary/aromatic N) is 2. The number of carboxylic acid groups (broad SMARTS) is 1. The number of unbranched alkanes of at least 4 members (excludes halogenated alkanes) is 4. The number of alkyl carbamates (subject to hydrolysis) is 1. The Kier molecular flexibility index (Phi) is 12.6. The Labute approximate surface area is 242 Å². The van der Waals surface area contributed by atoms with Crippen LogP contribution in [0.1, 0.15) is 51.5 Å². The van der Waals surface area contributed by atoms with E-state index in [0.29, 0.717) is 11.4 Å².